The second kappa shape index (κ2) is 7.26. The fraction of sp³-hybridized carbons (Fsp3) is 0.533. The van der Waals surface area contributed by atoms with Gasteiger partial charge in [-0.25, -0.2) is 0 Å². The number of rotatable bonds is 6. The van der Waals surface area contributed by atoms with Crippen LogP contribution in [-0.2, 0) is 6.54 Å². The van der Waals surface area contributed by atoms with E-state index in [1.54, 1.807) is 6.07 Å². The minimum absolute atomic E-state index is 0.353. The van der Waals surface area contributed by atoms with E-state index in [0.29, 0.717) is 12.1 Å². The summed E-state index contributed by atoms with van der Waals surface area (Å²) in [7, 11) is 0. The highest BCUT2D eigenvalue weighted by atomic mass is 16.1. The van der Waals surface area contributed by atoms with E-state index in [9.17, 15) is 4.79 Å². The second-order valence-electron chi connectivity index (χ2n) is 5.10. The number of piperidine rings is 1. The lowest BCUT2D eigenvalue weighted by molar-refractivity contribution is 0.0999. The molecule has 0 radical (unpaired) electrons. The number of primary amides is 1. The normalized spacial score (nSPS) is 16.4. The first-order chi connectivity index (χ1) is 9.27. The summed E-state index contributed by atoms with van der Waals surface area (Å²) >= 11 is 0. The van der Waals surface area contributed by atoms with Crippen LogP contribution in [0.4, 0.5) is 0 Å². The summed E-state index contributed by atoms with van der Waals surface area (Å²) in [6.45, 7) is 5.18. The van der Waals surface area contributed by atoms with Crippen molar-refractivity contribution in [3.05, 3.63) is 35.4 Å². The SMILES string of the molecule is NC(=O)c1ccccc1CNCCN1CCCCC1. The fourth-order valence-corrected chi connectivity index (χ4v) is 2.56. The summed E-state index contributed by atoms with van der Waals surface area (Å²) in [5.74, 6) is -0.353. The number of likely N-dealkylation sites (tertiary alicyclic amines) is 1. The Morgan fingerprint density at radius 1 is 1.21 bits per heavy atom. The average Bonchev–Trinajstić information content (AvgIpc) is 2.45. The van der Waals surface area contributed by atoms with Crippen LogP contribution in [0, 0.1) is 0 Å². The Hall–Kier alpha value is -1.39. The van der Waals surface area contributed by atoms with Crippen molar-refractivity contribution in [1.82, 2.24) is 10.2 Å². The number of nitrogens with two attached hydrogens (primary N) is 1. The van der Waals surface area contributed by atoms with Crippen molar-refractivity contribution in [1.29, 1.82) is 0 Å². The van der Waals surface area contributed by atoms with E-state index >= 15 is 0 Å². The number of hydrogen-bond donors (Lipinski definition) is 2. The van der Waals surface area contributed by atoms with Gasteiger partial charge in [0, 0.05) is 25.2 Å². The molecule has 1 saturated heterocycles. The van der Waals surface area contributed by atoms with Gasteiger partial charge in [0.15, 0.2) is 0 Å². The van der Waals surface area contributed by atoms with Crippen LogP contribution in [0.15, 0.2) is 24.3 Å². The van der Waals surface area contributed by atoms with Gasteiger partial charge in [-0.1, -0.05) is 24.6 Å². The molecule has 1 amide bonds. The molecule has 0 aliphatic carbocycles. The largest absolute Gasteiger partial charge is 0.366 e. The van der Waals surface area contributed by atoms with E-state index in [-0.39, 0.29) is 5.91 Å². The summed E-state index contributed by atoms with van der Waals surface area (Å²) in [5.41, 5.74) is 6.96. The van der Waals surface area contributed by atoms with Gasteiger partial charge in [-0.2, -0.15) is 0 Å². The Kier molecular flexibility index (Phi) is 5.36. The zero-order chi connectivity index (χ0) is 13.5. The van der Waals surface area contributed by atoms with Crippen molar-refractivity contribution in [2.75, 3.05) is 26.2 Å². The standard InChI is InChI=1S/C15H23N3O/c16-15(19)14-7-3-2-6-13(14)12-17-8-11-18-9-4-1-5-10-18/h2-3,6-7,17H,1,4-5,8-12H2,(H2,16,19). The van der Waals surface area contributed by atoms with Gasteiger partial charge < -0.3 is 16.0 Å². The Morgan fingerprint density at radius 3 is 2.68 bits per heavy atom. The van der Waals surface area contributed by atoms with Gasteiger partial charge in [-0.05, 0) is 37.6 Å². The smallest absolute Gasteiger partial charge is 0.249 e. The van der Waals surface area contributed by atoms with Crippen molar-refractivity contribution in [3.63, 3.8) is 0 Å². The van der Waals surface area contributed by atoms with Crippen LogP contribution in [0.3, 0.4) is 0 Å². The van der Waals surface area contributed by atoms with Gasteiger partial charge in [0.25, 0.3) is 0 Å². The minimum atomic E-state index is -0.353. The number of carbonyl (C=O) groups excluding carboxylic acids is 1. The molecular weight excluding hydrogens is 238 g/mol. The molecule has 0 saturated carbocycles. The van der Waals surface area contributed by atoms with Gasteiger partial charge in [0.1, 0.15) is 0 Å². The predicted octanol–water partition coefficient (Wildman–Crippen LogP) is 1.36. The molecule has 3 N–H and O–H groups in total. The van der Waals surface area contributed by atoms with E-state index in [1.807, 2.05) is 18.2 Å². The molecule has 4 nitrogen and oxygen atoms in total. The molecule has 1 aliphatic rings. The van der Waals surface area contributed by atoms with Crippen LogP contribution in [-0.4, -0.2) is 37.0 Å². The molecule has 4 heteroatoms. The first-order valence-electron chi connectivity index (χ1n) is 7.08. The van der Waals surface area contributed by atoms with Crippen LogP contribution in [0.5, 0.6) is 0 Å². The topological polar surface area (TPSA) is 58.4 Å². The lowest BCUT2D eigenvalue weighted by atomic mass is 10.1. The van der Waals surface area contributed by atoms with Crippen molar-refractivity contribution < 1.29 is 4.79 Å². The third kappa shape index (κ3) is 4.33. The molecular formula is C15H23N3O. The summed E-state index contributed by atoms with van der Waals surface area (Å²) in [4.78, 5) is 13.8. The molecule has 0 atom stereocenters. The Balaban J connectivity index is 1.74. The van der Waals surface area contributed by atoms with Crippen molar-refractivity contribution in [2.45, 2.75) is 25.8 Å². The molecule has 19 heavy (non-hydrogen) atoms. The summed E-state index contributed by atoms with van der Waals surface area (Å²) in [6.07, 6.45) is 4.02. The van der Waals surface area contributed by atoms with Gasteiger partial charge in [-0.3, -0.25) is 4.79 Å². The van der Waals surface area contributed by atoms with Gasteiger partial charge in [-0.15, -0.1) is 0 Å². The fourth-order valence-electron chi connectivity index (χ4n) is 2.56. The number of nitrogens with one attached hydrogen (secondary N) is 1. The Morgan fingerprint density at radius 2 is 1.95 bits per heavy atom. The highest BCUT2D eigenvalue weighted by Gasteiger charge is 2.09. The quantitative estimate of drug-likeness (QED) is 0.760. The highest BCUT2D eigenvalue weighted by molar-refractivity contribution is 5.94. The molecule has 0 bridgehead atoms. The number of hydrogen-bond acceptors (Lipinski definition) is 3. The molecule has 0 unspecified atom stereocenters. The van der Waals surface area contributed by atoms with Crippen LogP contribution in [0.25, 0.3) is 0 Å². The minimum Gasteiger partial charge on any atom is -0.366 e. The highest BCUT2D eigenvalue weighted by Crippen LogP contribution is 2.09. The van der Waals surface area contributed by atoms with E-state index in [1.165, 1.54) is 32.4 Å². The third-order valence-electron chi connectivity index (χ3n) is 3.65. The van der Waals surface area contributed by atoms with Gasteiger partial charge in [0.2, 0.25) is 5.91 Å². The third-order valence-corrected chi connectivity index (χ3v) is 3.65. The number of benzene rings is 1. The van der Waals surface area contributed by atoms with E-state index in [0.717, 1.165) is 18.7 Å². The maximum absolute atomic E-state index is 11.3. The van der Waals surface area contributed by atoms with Crippen molar-refractivity contribution in [3.8, 4) is 0 Å². The van der Waals surface area contributed by atoms with Crippen LogP contribution in [0.2, 0.25) is 0 Å². The van der Waals surface area contributed by atoms with Crippen LogP contribution >= 0.6 is 0 Å². The molecule has 0 spiro atoms. The van der Waals surface area contributed by atoms with E-state index in [2.05, 4.69) is 10.2 Å². The lowest BCUT2D eigenvalue weighted by Gasteiger charge is -2.26. The monoisotopic (exact) mass is 261 g/mol. The number of amides is 1. The molecule has 1 aliphatic heterocycles. The van der Waals surface area contributed by atoms with Crippen LogP contribution < -0.4 is 11.1 Å². The van der Waals surface area contributed by atoms with E-state index < -0.39 is 0 Å². The molecule has 1 heterocycles. The molecule has 0 aromatic heterocycles. The Labute approximate surface area is 115 Å². The molecule has 104 valence electrons. The maximum Gasteiger partial charge on any atom is 0.249 e. The molecule has 1 fully saturated rings. The molecule has 2 rings (SSSR count). The zero-order valence-electron chi connectivity index (χ0n) is 11.4. The van der Waals surface area contributed by atoms with Gasteiger partial charge in [0.05, 0.1) is 0 Å². The van der Waals surface area contributed by atoms with Gasteiger partial charge >= 0.3 is 0 Å². The first-order valence-corrected chi connectivity index (χ1v) is 7.08. The number of carbonyl (C=O) groups is 1. The summed E-state index contributed by atoms with van der Waals surface area (Å²) in [6, 6.07) is 7.52. The van der Waals surface area contributed by atoms with E-state index in [4.69, 9.17) is 5.73 Å². The van der Waals surface area contributed by atoms with Crippen molar-refractivity contribution in [2.24, 2.45) is 5.73 Å². The summed E-state index contributed by atoms with van der Waals surface area (Å²) < 4.78 is 0. The average molecular weight is 261 g/mol. The lowest BCUT2D eigenvalue weighted by Crippen LogP contribution is -2.35. The predicted molar refractivity (Wildman–Crippen MR) is 77.0 cm³/mol. The summed E-state index contributed by atoms with van der Waals surface area (Å²) in [5, 5.41) is 3.39. The second-order valence-corrected chi connectivity index (χ2v) is 5.10. The maximum atomic E-state index is 11.3. The van der Waals surface area contributed by atoms with Crippen LogP contribution in [0.1, 0.15) is 35.2 Å². The Bertz CT molecular complexity index is 414. The first kappa shape index (κ1) is 14.0. The zero-order valence-corrected chi connectivity index (χ0v) is 11.4. The van der Waals surface area contributed by atoms with Crippen molar-refractivity contribution >= 4 is 5.91 Å². The molecule has 1 aromatic rings. The molecule has 1 aromatic carbocycles. The number of nitrogens with zero attached hydrogens (tertiary/aromatic N) is 1.